The highest BCUT2D eigenvalue weighted by molar-refractivity contribution is 6.30. The lowest BCUT2D eigenvalue weighted by molar-refractivity contribution is 0.104. The number of benzene rings is 2. The minimum absolute atomic E-state index is 0.129. The summed E-state index contributed by atoms with van der Waals surface area (Å²) in [4.78, 5) is 12.2. The Morgan fingerprint density at radius 1 is 1.27 bits per heavy atom. The number of phenols is 1. The van der Waals surface area contributed by atoms with Crippen LogP contribution in [0, 0.1) is 0 Å². The molecular weight excluding hydrogens is 352 g/mol. The Morgan fingerprint density at radius 3 is 2.69 bits per heavy atom. The lowest BCUT2D eigenvalue weighted by Gasteiger charge is -2.09. The molecule has 1 heterocycles. The second kappa shape index (κ2) is 7.89. The van der Waals surface area contributed by atoms with Crippen molar-refractivity contribution in [3.05, 3.63) is 82.6 Å². The summed E-state index contributed by atoms with van der Waals surface area (Å²) < 4.78 is 7.11. The van der Waals surface area contributed by atoms with Crippen LogP contribution in [0.4, 0.5) is 0 Å². The van der Waals surface area contributed by atoms with Crippen molar-refractivity contribution in [2.24, 2.45) is 0 Å². The second-order valence-corrected chi connectivity index (χ2v) is 6.11. The molecule has 0 aliphatic rings. The van der Waals surface area contributed by atoms with Crippen molar-refractivity contribution in [3.8, 4) is 11.5 Å². The molecule has 0 saturated carbocycles. The third-order valence-corrected chi connectivity index (χ3v) is 4.01. The van der Waals surface area contributed by atoms with Gasteiger partial charge in [-0.05, 0) is 48.0 Å². The van der Waals surface area contributed by atoms with E-state index >= 15 is 0 Å². The first-order chi connectivity index (χ1) is 12.5. The van der Waals surface area contributed by atoms with Crippen LogP contribution in [-0.4, -0.2) is 27.8 Å². The summed E-state index contributed by atoms with van der Waals surface area (Å²) in [6, 6.07) is 11.8. The number of aromatic hydroxyl groups is 1. The molecule has 0 aliphatic heterocycles. The third kappa shape index (κ3) is 4.32. The van der Waals surface area contributed by atoms with Gasteiger partial charge in [-0.3, -0.25) is 9.48 Å². The number of hydrogen-bond acceptors (Lipinski definition) is 4. The maximum absolute atomic E-state index is 12.2. The standard InChI is InChI=1S/C20H17ClN2O3/c1-26-20-9-3-14(10-16(20)12-23-13-17(21)11-22-23)2-8-19(25)15-4-6-18(24)7-5-15/h2-11,13,24H,12H2,1H3/b8-2+. The van der Waals surface area contributed by atoms with Gasteiger partial charge in [-0.25, -0.2) is 0 Å². The Bertz CT molecular complexity index is 946. The molecule has 132 valence electrons. The van der Waals surface area contributed by atoms with Crippen molar-refractivity contribution in [1.82, 2.24) is 9.78 Å². The van der Waals surface area contributed by atoms with Crippen LogP contribution in [0.25, 0.3) is 6.08 Å². The van der Waals surface area contributed by atoms with E-state index in [0.29, 0.717) is 17.1 Å². The molecule has 0 amide bonds. The van der Waals surface area contributed by atoms with Crippen LogP contribution in [-0.2, 0) is 6.54 Å². The number of aromatic nitrogens is 2. The number of methoxy groups -OCH3 is 1. The number of allylic oxidation sites excluding steroid dienone is 1. The lowest BCUT2D eigenvalue weighted by atomic mass is 10.1. The largest absolute Gasteiger partial charge is 0.508 e. The topological polar surface area (TPSA) is 64.3 Å². The first kappa shape index (κ1) is 17.8. The lowest BCUT2D eigenvalue weighted by Crippen LogP contribution is -2.02. The highest BCUT2D eigenvalue weighted by Crippen LogP contribution is 2.22. The number of halogens is 1. The van der Waals surface area contributed by atoms with Crippen molar-refractivity contribution in [2.45, 2.75) is 6.54 Å². The maximum atomic E-state index is 12.2. The zero-order valence-corrected chi connectivity index (χ0v) is 14.8. The molecule has 26 heavy (non-hydrogen) atoms. The van der Waals surface area contributed by atoms with Crippen LogP contribution < -0.4 is 4.74 Å². The predicted octanol–water partition coefficient (Wildman–Crippen LogP) is 4.20. The molecule has 1 aromatic heterocycles. The van der Waals surface area contributed by atoms with E-state index < -0.39 is 0 Å². The quantitative estimate of drug-likeness (QED) is 0.523. The van der Waals surface area contributed by atoms with Crippen LogP contribution in [0.1, 0.15) is 21.5 Å². The Labute approximate surface area is 156 Å². The summed E-state index contributed by atoms with van der Waals surface area (Å²) in [5.74, 6) is 0.726. The zero-order valence-electron chi connectivity index (χ0n) is 14.1. The molecule has 3 rings (SSSR count). The SMILES string of the molecule is COc1ccc(/C=C/C(=O)c2ccc(O)cc2)cc1Cn1cc(Cl)cn1. The van der Waals surface area contributed by atoms with E-state index in [1.165, 1.54) is 18.2 Å². The van der Waals surface area contributed by atoms with Crippen LogP contribution in [0.15, 0.2) is 60.9 Å². The van der Waals surface area contributed by atoms with Gasteiger partial charge in [0.1, 0.15) is 11.5 Å². The number of phenolic OH excluding ortho intramolecular Hbond substituents is 1. The Hall–Kier alpha value is -3.05. The fourth-order valence-electron chi connectivity index (χ4n) is 2.52. The van der Waals surface area contributed by atoms with E-state index in [1.807, 2.05) is 18.2 Å². The van der Waals surface area contributed by atoms with Crippen molar-refractivity contribution in [2.75, 3.05) is 7.11 Å². The molecule has 1 N–H and O–H groups in total. The molecule has 0 atom stereocenters. The number of carbonyl (C=O) groups excluding carboxylic acids is 1. The molecule has 5 nitrogen and oxygen atoms in total. The summed E-state index contributed by atoms with van der Waals surface area (Å²) in [6.45, 7) is 0.503. The minimum atomic E-state index is -0.138. The normalized spacial score (nSPS) is 11.0. The third-order valence-electron chi connectivity index (χ3n) is 3.82. The van der Waals surface area contributed by atoms with Crippen molar-refractivity contribution in [1.29, 1.82) is 0 Å². The summed E-state index contributed by atoms with van der Waals surface area (Å²) >= 11 is 5.91. The molecule has 2 aromatic carbocycles. The van der Waals surface area contributed by atoms with Gasteiger partial charge < -0.3 is 9.84 Å². The summed E-state index contributed by atoms with van der Waals surface area (Å²) in [6.07, 6.45) is 6.56. The Kier molecular flexibility index (Phi) is 5.39. The van der Waals surface area contributed by atoms with E-state index in [0.717, 1.165) is 16.9 Å². The number of nitrogens with zero attached hydrogens (tertiary/aromatic N) is 2. The van der Waals surface area contributed by atoms with Gasteiger partial charge in [0.05, 0.1) is 24.9 Å². The van der Waals surface area contributed by atoms with E-state index in [9.17, 15) is 9.90 Å². The molecule has 0 unspecified atom stereocenters. The monoisotopic (exact) mass is 368 g/mol. The molecule has 0 aliphatic carbocycles. The number of carbonyl (C=O) groups is 1. The van der Waals surface area contributed by atoms with E-state index in [2.05, 4.69) is 5.10 Å². The maximum Gasteiger partial charge on any atom is 0.185 e. The van der Waals surface area contributed by atoms with Gasteiger partial charge in [-0.15, -0.1) is 0 Å². The Balaban J connectivity index is 1.80. The minimum Gasteiger partial charge on any atom is -0.508 e. The summed E-state index contributed by atoms with van der Waals surface area (Å²) in [5.41, 5.74) is 2.30. The van der Waals surface area contributed by atoms with Gasteiger partial charge in [0.2, 0.25) is 0 Å². The van der Waals surface area contributed by atoms with E-state index in [-0.39, 0.29) is 11.5 Å². The van der Waals surface area contributed by atoms with E-state index in [1.54, 1.807) is 42.4 Å². The van der Waals surface area contributed by atoms with Crippen LogP contribution in [0.5, 0.6) is 11.5 Å². The predicted molar refractivity (Wildman–Crippen MR) is 101 cm³/mol. The van der Waals surface area contributed by atoms with Gasteiger partial charge in [0, 0.05) is 17.3 Å². The van der Waals surface area contributed by atoms with Crippen LogP contribution in [0.3, 0.4) is 0 Å². The van der Waals surface area contributed by atoms with E-state index in [4.69, 9.17) is 16.3 Å². The first-order valence-electron chi connectivity index (χ1n) is 7.91. The van der Waals surface area contributed by atoms with Crippen molar-refractivity contribution in [3.63, 3.8) is 0 Å². The van der Waals surface area contributed by atoms with Gasteiger partial charge in [0.15, 0.2) is 5.78 Å². The average molecular weight is 369 g/mol. The highest BCUT2D eigenvalue weighted by Gasteiger charge is 2.07. The molecule has 6 heteroatoms. The van der Waals surface area contributed by atoms with Gasteiger partial charge >= 0.3 is 0 Å². The highest BCUT2D eigenvalue weighted by atomic mass is 35.5. The van der Waals surface area contributed by atoms with Crippen molar-refractivity contribution >= 4 is 23.5 Å². The molecule has 0 fully saturated rings. The molecule has 0 saturated heterocycles. The Morgan fingerprint density at radius 2 is 2.04 bits per heavy atom. The fourth-order valence-corrected chi connectivity index (χ4v) is 2.68. The average Bonchev–Trinajstić information content (AvgIpc) is 3.05. The number of ketones is 1. The second-order valence-electron chi connectivity index (χ2n) is 5.67. The number of hydrogen-bond donors (Lipinski definition) is 1. The summed E-state index contributed by atoms with van der Waals surface area (Å²) in [5, 5.41) is 14.0. The van der Waals surface area contributed by atoms with Gasteiger partial charge in [0.25, 0.3) is 0 Å². The first-order valence-corrected chi connectivity index (χ1v) is 8.29. The van der Waals surface area contributed by atoms with Gasteiger partial charge in [-0.2, -0.15) is 5.10 Å². The molecule has 0 spiro atoms. The van der Waals surface area contributed by atoms with Crippen molar-refractivity contribution < 1.29 is 14.6 Å². The number of ether oxygens (including phenoxy) is 1. The zero-order chi connectivity index (χ0) is 18.5. The molecule has 0 radical (unpaired) electrons. The van der Waals surface area contributed by atoms with Crippen LogP contribution in [0.2, 0.25) is 5.02 Å². The number of rotatable bonds is 6. The molecule has 3 aromatic rings. The van der Waals surface area contributed by atoms with Gasteiger partial charge in [-0.1, -0.05) is 23.7 Å². The fraction of sp³-hybridized carbons (Fsp3) is 0.100. The summed E-state index contributed by atoms with van der Waals surface area (Å²) in [7, 11) is 1.61. The smallest absolute Gasteiger partial charge is 0.185 e. The molecule has 0 bridgehead atoms. The van der Waals surface area contributed by atoms with Crippen LogP contribution >= 0.6 is 11.6 Å². The molecular formula is C20H17ClN2O3.